The predicted octanol–water partition coefficient (Wildman–Crippen LogP) is 1.51. The Bertz CT molecular complexity index is 769. The molecule has 0 aliphatic heterocycles. The number of carbonyl (C=O) groups is 3. The van der Waals surface area contributed by atoms with Gasteiger partial charge in [0, 0.05) is 12.0 Å². The predicted molar refractivity (Wildman–Crippen MR) is 90.9 cm³/mol. The van der Waals surface area contributed by atoms with Crippen LogP contribution in [0.25, 0.3) is 11.1 Å². The van der Waals surface area contributed by atoms with Gasteiger partial charge in [0.15, 0.2) is 0 Å². The number of phenols is 1. The van der Waals surface area contributed by atoms with Gasteiger partial charge in [-0.2, -0.15) is 0 Å². The van der Waals surface area contributed by atoms with Crippen molar-refractivity contribution in [2.45, 2.75) is 18.9 Å². The first kappa shape index (κ1) is 18.0. The fourth-order valence-corrected chi connectivity index (χ4v) is 2.25. The van der Waals surface area contributed by atoms with Crippen molar-refractivity contribution in [1.29, 1.82) is 0 Å². The highest BCUT2D eigenvalue weighted by Gasteiger charge is 2.21. The number of hydrogen-bond donors (Lipinski definition) is 4. The normalized spacial score (nSPS) is 11.5. The number of hydrogen-bond acceptors (Lipinski definition) is 4. The molecular formula is C18H18N2O5. The van der Waals surface area contributed by atoms with Crippen molar-refractivity contribution in [2.24, 2.45) is 5.73 Å². The van der Waals surface area contributed by atoms with Crippen LogP contribution in [0.15, 0.2) is 48.5 Å². The fourth-order valence-electron chi connectivity index (χ4n) is 2.25. The Labute approximate surface area is 144 Å². The lowest BCUT2D eigenvalue weighted by atomic mass is 10.0. The Hall–Kier alpha value is -3.35. The molecule has 2 rings (SSSR count). The number of carboxylic acid groups (broad SMARTS) is 1. The molecule has 0 fully saturated rings. The van der Waals surface area contributed by atoms with E-state index in [1.54, 1.807) is 48.5 Å². The van der Waals surface area contributed by atoms with Crippen molar-refractivity contribution in [3.05, 3.63) is 54.1 Å². The van der Waals surface area contributed by atoms with Crippen molar-refractivity contribution < 1.29 is 24.6 Å². The summed E-state index contributed by atoms with van der Waals surface area (Å²) in [7, 11) is 0. The van der Waals surface area contributed by atoms with Gasteiger partial charge >= 0.3 is 5.97 Å². The summed E-state index contributed by atoms with van der Waals surface area (Å²) in [6.07, 6.45) is -0.195. The number of nitrogens with two attached hydrogens (primary N) is 1. The molecular weight excluding hydrogens is 324 g/mol. The number of phenolic OH excluding ortho intramolecular Hbond substituents is 1. The van der Waals surface area contributed by atoms with E-state index in [0.717, 1.165) is 11.1 Å². The molecule has 25 heavy (non-hydrogen) atoms. The first-order valence-electron chi connectivity index (χ1n) is 7.58. The van der Waals surface area contributed by atoms with Crippen LogP contribution in [-0.4, -0.2) is 34.0 Å². The first-order valence-corrected chi connectivity index (χ1v) is 7.58. The number of carbonyl (C=O) groups excluding carboxylic acids is 2. The molecule has 2 aromatic carbocycles. The summed E-state index contributed by atoms with van der Waals surface area (Å²) in [4.78, 5) is 34.1. The number of carboxylic acids is 1. The van der Waals surface area contributed by atoms with Crippen molar-refractivity contribution in [3.63, 3.8) is 0 Å². The fraction of sp³-hybridized carbons (Fsp3) is 0.167. The van der Waals surface area contributed by atoms with Crippen LogP contribution in [0.5, 0.6) is 5.75 Å². The molecule has 5 N–H and O–H groups in total. The average Bonchev–Trinajstić information content (AvgIpc) is 2.58. The van der Waals surface area contributed by atoms with Crippen LogP contribution < -0.4 is 11.1 Å². The molecule has 130 valence electrons. The number of benzene rings is 2. The van der Waals surface area contributed by atoms with Gasteiger partial charge in [0.1, 0.15) is 11.8 Å². The lowest BCUT2D eigenvalue weighted by Gasteiger charge is -2.14. The summed E-state index contributed by atoms with van der Waals surface area (Å²) in [6.45, 7) is 0. The maximum atomic E-state index is 12.2. The number of amides is 2. The second-order valence-electron chi connectivity index (χ2n) is 5.49. The highest BCUT2D eigenvalue weighted by atomic mass is 16.4. The van der Waals surface area contributed by atoms with Crippen LogP contribution in [0.2, 0.25) is 0 Å². The smallest absolute Gasteiger partial charge is 0.326 e. The van der Waals surface area contributed by atoms with Crippen LogP contribution in [0, 0.1) is 0 Å². The topological polar surface area (TPSA) is 130 Å². The minimum Gasteiger partial charge on any atom is -0.508 e. The van der Waals surface area contributed by atoms with Gasteiger partial charge in [0.05, 0.1) is 0 Å². The lowest BCUT2D eigenvalue weighted by molar-refractivity contribution is -0.139. The highest BCUT2D eigenvalue weighted by molar-refractivity contribution is 5.97. The molecule has 0 aliphatic carbocycles. The number of nitrogens with one attached hydrogen (secondary N) is 1. The van der Waals surface area contributed by atoms with Crippen molar-refractivity contribution in [3.8, 4) is 16.9 Å². The van der Waals surface area contributed by atoms with Crippen LogP contribution in [0.1, 0.15) is 23.2 Å². The van der Waals surface area contributed by atoms with Crippen LogP contribution in [0.3, 0.4) is 0 Å². The number of rotatable bonds is 7. The standard InChI is InChI=1S/C18H18N2O5/c19-16(22)10-9-15(18(24)25)20-17(23)13-3-1-11(2-4-13)12-5-7-14(21)8-6-12/h1-8,15,21H,9-10H2,(H2,19,22)(H,20,23)(H,24,25)/t15-/m0/s1. The van der Waals surface area contributed by atoms with E-state index in [-0.39, 0.29) is 18.6 Å². The molecule has 0 spiro atoms. The summed E-state index contributed by atoms with van der Waals surface area (Å²) in [5.41, 5.74) is 7.02. The molecule has 1 atom stereocenters. The second-order valence-corrected chi connectivity index (χ2v) is 5.49. The molecule has 0 heterocycles. The maximum absolute atomic E-state index is 12.2. The molecule has 0 aromatic heterocycles. The van der Waals surface area contributed by atoms with E-state index in [1.807, 2.05) is 0 Å². The summed E-state index contributed by atoms with van der Waals surface area (Å²) in [5, 5.41) is 20.8. The van der Waals surface area contributed by atoms with E-state index in [2.05, 4.69) is 5.32 Å². The Morgan fingerprint density at radius 3 is 1.96 bits per heavy atom. The van der Waals surface area contributed by atoms with Crippen LogP contribution in [0.4, 0.5) is 0 Å². The van der Waals surface area contributed by atoms with Gasteiger partial charge in [-0.15, -0.1) is 0 Å². The quantitative estimate of drug-likeness (QED) is 0.606. The van der Waals surface area contributed by atoms with E-state index < -0.39 is 23.8 Å². The van der Waals surface area contributed by atoms with E-state index in [9.17, 15) is 19.5 Å². The maximum Gasteiger partial charge on any atom is 0.326 e. The molecule has 0 unspecified atom stereocenters. The second kappa shape index (κ2) is 7.96. The Balaban J connectivity index is 2.07. The summed E-state index contributed by atoms with van der Waals surface area (Å²) >= 11 is 0. The van der Waals surface area contributed by atoms with Crippen molar-refractivity contribution in [2.75, 3.05) is 0 Å². The molecule has 0 saturated heterocycles. The number of primary amides is 1. The van der Waals surface area contributed by atoms with Gasteiger partial charge in [0.25, 0.3) is 5.91 Å². The Morgan fingerprint density at radius 2 is 1.48 bits per heavy atom. The third kappa shape index (κ3) is 5.07. The zero-order chi connectivity index (χ0) is 18.4. The Morgan fingerprint density at radius 1 is 0.960 bits per heavy atom. The van der Waals surface area contributed by atoms with Gasteiger partial charge in [-0.3, -0.25) is 9.59 Å². The van der Waals surface area contributed by atoms with Gasteiger partial charge in [-0.1, -0.05) is 24.3 Å². The highest BCUT2D eigenvalue weighted by Crippen LogP contribution is 2.22. The van der Waals surface area contributed by atoms with E-state index >= 15 is 0 Å². The first-order chi connectivity index (χ1) is 11.9. The zero-order valence-corrected chi connectivity index (χ0v) is 13.3. The molecule has 0 bridgehead atoms. The van der Waals surface area contributed by atoms with Crippen molar-refractivity contribution >= 4 is 17.8 Å². The molecule has 2 amide bonds. The Kier molecular flexibility index (Phi) is 5.73. The SMILES string of the molecule is NC(=O)CC[C@H](NC(=O)c1ccc(-c2ccc(O)cc2)cc1)C(=O)O. The molecule has 7 nitrogen and oxygen atoms in total. The lowest BCUT2D eigenvalue weighted by Crippen LogP contribution is -2.41. The van der Waals surface area contributed by atoms with E-state index in [0.29, 0.717) is 5.56 Å². The average molecular weight is 342 g/mol. The summed E-state index contributed by atoms with van der Waals surface area (Å²) in [5.74, 6) is -2.24. The third-order valence-electron chi connectivity index (χ3n) is 3.63. The monoisotopic (exact) mass is 342 g/mol. The largest absolute Gasteiger partial charge is 0.508 e. The summed E-state index contributed by atoms with van der Waals surface area (Å²) in [6, 6.07) is 12.0. The molecule has 0 aliphatic rings. The van der Waals surface area contributed by atoms with Crippen LogP contribution >= 0.6 is 0 Å². The molecule has 2 aromatic rings. The van der Waals surface area contributed by atoms with Gasteiger partial charge in [-0.05, 0) is 41.8 Å². The minimum atomic E-state index is -1.23. The summed E-state index contributed by atoms with van der Waals surface area (Å²) < 4.78 is 0. The minimum absolute atomic E-state index is 0.0675. The molecule has 7 heteroatoms. The van der Waals surface area contributed by atoms with Crippen molar-refractivity contribution in [1.82, 2.24) is 5.32 Å². The molecule has 0 radical (unpaired) electrons. The van der Waals surface area contributed by atoms with Gasteiger partial charge in [0.2, 0.25) is 5.91 Å². The van der Waals surface area contributed by atoms with Crippen LogP contribution in [-0.2, 0) is 9.59 Å². The molecule has 0 saturated carbocycles. The van der Waals surface area contributed by atoms with E-state index in [4.69, 9.17) is 10.8 Å². The third-order valence-corrected chi connectivity index (χ3v) is 3.63. The number of aliphatic carboxylic acids is 1. The van der Waals surface area contributed by atoms with E-state index in [1.165, 1.54) is 0 Å². The van der Waals surface area contributed by atoms with Gasteiger partial charge < -0.3 is 21.3 Å². The number of aromatic hydroxyl groups is 1. The van der Waals surface area contributed by atoms with Gasteiger partial charge in [-0.25, -0.2) is 4.79 Å². The zero-order valence-electron chi connectivity index (χ0n) is 13.3.